The molecule has 74 valence electrons. The van der Waals surface area contributed by atoms with Gasteiger partial charge in [0.1, 0.15) is 0 Å². The molecule has 0 spiro atoms. The Bertz CT molecular complexity index is 211. The van der Waals surface area contributed by atoms with E-state index in [0.29, 0.717) is 6.10 Å². The summed E-state index contributed by atoms with van der Waals surface area (Å²) in [5, 5.41) is 3.29. The van der Waals surface area contributed by atoms with Crippen LogP contribution < -0.4 is 5.32 Å². The molecule has 1 heterocycles. The van der Waals surface area contributed by atoms with Gasteiger partial charge in [-0.25, -0.2) is 4.37 Å². The Morgan fingerprint density at radius 1 is 1.62 bits per heavy atom. The number of hydrogen-bond acceptors (Lipinski definition) is 4. The van der Waals surface area contributed by atoms with Crippen LogP contribution in [0.15, 0.2) is 12.3 Å². The number of rotatable bonds is 6. The lowest BCUT2D eigenvalue weighted by Gasteiger charge is -2.07. The summed E-state index contributed by atoms with van der Waals surface area (Å²) in [6.07, 6.45) is 2.15. The molecule has 0 aliphatic rings. The fraction of sp³-hybridized carbons (Fsp3) is 0.667. The number of nitrogens with one attached hydrogen (secondary N) is 1. The van der Waals surface area contributed by atoms with Crippen LogP contribution >= 0.6 is 11.5 Å². The maximum atomic E-state index is 5.39. The van der Waals surface area contributed by atoms with Crippen molar-refractivity contribution in [2.45, 2.75) is 26.5 Å². The summed E-state index contributed by atoms with van der Waals surface area (Å²) in [6, 6.07) is 2.03. The van der Waals surface area contributed by atoms with Crippen LogP contribution in [0.25, 0.3) is 0 Å². The number of ether oxygens (including phenoxy) is 1. The van der Waals surface area contributed by atoms with Gasteiger partial charge in [-0.05, 0) is 31.4 Å². The Morgan fingerprint density at radius 3 is 3.08 bits per heavy atom. The van der Waals surface area contributed by atoms with Crippen LogP contribution in [0.1, 0.15) is 18.7 Å². The first-order valence-electron chi connectivity index (χ1n) is 4.51. The maximum absolute atomic E-state index is 5.39. The highest BCUT2D eigenvalue weighted by Gasteiger charge is 1.94. The van der Waals surface area contributed by atoms with Crippen molar-refractivity contribution < 1.29 is 4.74 Å². The fourth-order valence-electron chi connectivity index (χ4n) is 0.912. The lowest BCUT2D eigenvalue weighted by molar-refractivity contribution is 0.0807. The van der Waals surface area contributed by atoms with E-state index >= 15 is 0 Å². The highest BCUT2D eigenvalue weighted by atomic mass is 32.1. The summed E-state index contributed by atoms with van der Waals surface area (Å²) in [5.41, 5.74) is 0. The van der Waals surface area contributed by atoms with E-state index in [1.165, 1.54) is 16.4 Å². The average molecular weight is 200 g/mol. The molecular formula is C9H16N2OS. The molecule has 13 heavy (non-hydrogen) atoms. The average Bonchev–Trinajstić information content (AvgIpc) is 2.55. The molecule has 0 radical (unpaired) electrons. The van der Waals surface area contributed by atoms with Crippen LogP contribution in [-0.2, 0) is 11.3 Å². The number of hydrogen-bond donors (Lipinski definition) is 1. The van der Waals surface area contributed by atoms with Crippen molar-refractivity contribution in [3.05, 3.63) is 17.1 Å². The zero-order valence-corrected chi connectivity index (χ0v) is 8.93. The summed E-state index contributed by atoms with van der Waals surface area (Å²) in [6.45, 7) is 6.66. The Morgan fingerprint density at radius 2 is 2.46 bits per heavy atom. The van der Waals surface area contributed by atoms with Gasteiger partial charge in [-0.3, -0.25) is 0 Å². The third-order valence-electron chi connectivity index (χ3n) is 1.52. The zero-order chi connectivity index (χ0) is 9.52. The largest absolute Gasteiger partial charge is 0.377 e. The molecule has 0 aromatic carbocycles. The molecule has 0 saturated carbocycles. The molecule has 0 fully saturated rings. The van der Waals surface area contributed by atoms with Gasteiger partial charge in [-0.1, -0.05) is 0 Å². The van der Waals surface area contributed by atoms with Gasteiger partial charge in [0.05, 0.1) is 12.7 Å². The van der Waals surface area contributed by atoms with Crippen molar-refractivity contribution >= 4 is 11.5 Å². The Labute approximate surface area is 83.3 Å². The highest BCUT2D eigenvalue weighted by Crippen LogP contribution is 2.02. The molecule has 0 unspecified atom stereocenters. The van der Waals surface area contributed by atoms with Gasteiger partial charge in [0.25, 0.3) is 0 Å². The highest BCUT2D eigenvalue weighted by molar-refractivity contribution is 7.05. The molecule has 1 aromatic rings. The Kier molecular flexibility index (Phi) is 4.97. The van der Waals surface area contributed by atoms with Crippen LogP contribution in [-0.4, -0.2) is 23.6 Å². The monoisotopic (exact) mass is 200 g/mol. The lowest BCUT2D eigenvalue weighted by Crippen LogP contribution is -2.20. The third kappa shape index (κ3) is 4.98. The van der Waals surface area contributed by atoms with E-state index in [1.54, 1.807) is 0 Å². The van der Waals surface area contributed by atoms with E-state index < -0.39 is 0 Å². The van der Waals surface area contributed by atoms with E-state index in [0.717, 1.165) is 19.7 Å². The van der Waals surface area contributed by atoms with Crippen LogP contribution in [0.5, 0.6) is 0 Å². The second-order valence-corrected chi connectivity index (χ2v) is 3.99. The quantitative estimate of drug-likeness (QED) is 0.709. The van der Waals surface area contributed by atoms with Crippen molar-refractivity contribution in [3.8, 4) is 0 Å². The summed E-state index contributed by atoms with van der Waals surface area (Å²) in [5.74, 6) is 0. The first-order chi connectivity index (χ1) is 6.29. The van der Waals surface area contributed by atoms with Gasteiger partial charge in [-0.2, -0.15) is 0 Å². The SMILES string of the molecule is CC(C)OCCNCc1ccns1. The summed E-state index contributed by atoms with van der Waals surface area (Å²) in [4.78, 5) is 1.27. The van der Waals surface area contributed by atoms with Crippen molar-refractivity contribution in [1.82, 2.24) is 9.69 Å². The van der Waals surface area contributed by atoms with Crippen LogP contribution in [0.2, 0.25) is 0 Å². The maximum Gasteiger partial charge on any atom is 0.0594 e. The first-order valence-corrected chi connectivity index (χ1v) is 5.28. The zero-order valence-electron chi connectivity index (χ0n) is 8.12. The lowest BCUT2D eigenvalue weighted by atomic mass is 10.4. The Balaban J connectivity index is 1.96. The van der Waals surface area contributed by atoms with Gasteiger partial charge in [0, 0.05) is 24.2 Å². The van der Waals surface area contributed by atoms with E-state index in [2.05, 4.69) is 9.69 Å². The molecule has 0 saturated heterocycles. The van der Waals surface area contributed by atoms with Gasteiger partial charge < -0.3 is 10.1 Å². The van der Waals surface area contributed by atoms with Crippen LogP contribution in [0, 0.1) is 0 Å². The summed E-state index contributed by atoms with van der Waals surface area (Å²) < 4.78 is 9.41. The minimum atomic E-state index is 0.324. The van der Waals surface area contributed by atoms with Crippen LogP contribution in [0.3, 0.4) is 0 Å². The second-order valence-electron chi connectivity index (χ2n) is 3.08. The predicted molar refractivity (Wildman–Crippen MR) is 54.9 cm³/mol. The molecule has 1 aromatic heterocycles. The molecule has 0 amide bonds. The molecule has 4 heteroatoms. The Hall–Kier alpha value is -0.450. The van der Waals surface area contributed by atoms with Gasteiger partial charge in [0.15, 0.2) is 0 Å². The van der Waals surface area contributed by atoms with Crippen molar-refractivity contribution in [3.63, 3.8) is 0 Å². The van der Waals surface area contributed by atoms with Gasteiger partial charge >= 0.3 is 0 Å². The number of aromatic nitrogens is 1. The summed E-state index contributed by atoms with van der Waals surface area (Å²) >= 11 is 1.53. The second kappa shape index (κ2) is 6.07. The molecular weight excluding hydrogens is 184 g/mol. The molecule has 1 N–H and O–H groups in total. The minimum absolute atomic E-state index is 0.324. The molecule has 0 aliphatic carbocycles. The van der Waals surface area contributed by atoms with Gasteiger partial charge in [0.2, 0.25) is 0 Å². The minimum Gasteiger partial charge on any atom is -0.377 e. The van der Waals surface area contributed by atoms with Crippen LogP contribution in [0.4, 0.5) is 0 Å². The predicted octanol–water partition coefficient (Wildman–Crippen LogP) is 1.66. The number of nitrogens with zero attached hydrogens (tertiary/aromatic N) is 1. The molecule has 1 rings (SSSR count). The van der Waals surface area contributed by atoms with Crippen molar-refractivity contribution in [2.75, 3.05) is 13.2 Å². The normalized spacial score (nSPS) is 11.0. The molecule has 0 atom stereocenters. The smallest absolute Gasteiger partial charge is 0.0594 e. The third-order valence-corrected chi connectivity index (χ3v) is 2.26. The molecule has 3 nitrogen and oxygen atoms in total. The molecule has 0 bridgehead atoms. The van der Waals surface area contributed by atoms with Crippen molar-refractivity contribution in [1.29, 1.82) is 0 Å². The fourth-order valence-corrected chi connectivity index (χ4v) is 1.46. The van der Waals surface area contributed by atoms with Gasteiger partial charge in [-0.15, -0.1) is 0 Å². The van der Waals surface area contributed by atoms with E-state index in [-0.39, 0.29) is 0 Å². The van der Waals surface area contributed by atoms with E-state index in [9.17, 15) is 0 Å². The topological polar surface area (TPSA) is 34.1 Å². The van der Waals surface area contributed by atoms with E-state index in [1.807, 2.05) is 26.1 Å². The van der Waals surface area contributed by atoms with E-state index in [4.69, 9.17) is 4.74 Å². The first kappa shape index (κ1) is 10.6. The summed E-state index contributed by atoms with van der Waals surface area (Å²) in [7, 11) is 0. The molecule has 0 aliphatic heterocycles. The standard InChI is InChI=1S/C9H16N2OS/c1-8(2)12-6-5-10-7-9-3-4-11-13-9/h3-4,8,10H,5-7H2,1-2H3. The van der Waals surface area contributed by atoms with Crippen molar-refractivity contribution in [2.24, 2.45) is 0 Å².